The molecule has 162 valence electrons. The molecule has 2 fully saturated rings. The second kappa shape index (κ2) is 10.4. The number of carbonyl (C=O) groups excluding carboxylic acids is 1. The molecule has 1 aliphatic carbocycles. The number of amides is 1. The number of nitrogens with one attached hydrogen (secondary N) is 2. The molecule has 2 aliphatic rings. The molecule has 1 heterocycles. The van der Waals surface area contributed by atoms with Gasteiger partial charge in [0.05, 0.1) is 0 Å². The van der Waals surface area contributed by atoms with Gasteiger partial charge in [-0.3, -0.25) is 4.79 Å². The highest BCUT2D eigenvalue weighted by Crippen LogP contribution is 2.45. The van der Waals surface area contributed by atoms with E-state index >= 15 is 0 Å². The molecule has 3 rings (SSSR count). The minimum Gasteiger partial charge on any atom is -0.405 e. The van der Waals surface area contributed by atoms with Crippen molar-refractivity contribution in [1.29, 1.82) is 0 Å². The number of alkyl halides is 3. The fraction of sp³-hybridized carbons (Fsp3) is 0.579. The van der Waals surface area contributed by atoms with E-state index in [1.54, 1.807) is 17.0 Å². The van der Waals surface area contributed by atoms with Crippen LogP contribution in [0.2, 0.25) is 0 Å². The van der Waals surface area contributed by atoms with Gasteiger partial charge in [0, 0.05) is 31.6 Å². The number of nitrogens with zero attached hydrogens (tertiary/aromatic N) is 2. The van der Waals surface area contributed by atoms with Crippen molar-refractivity contribution in [2.45, 2.75) is 44.5 Å². The number of para-hydroxylation sites is 1. The number of ether oxygens (including phenoxy) is 1. The Hall–Kier alpha value is -1.72. The second-order valence-corrected chi connectivity index (χ2v) is 6.96. The van der Waals surface area contributed by atoms with E-state index in [1.165, 1.54) is 12.1 Å². The van der Waals surface area contributed by atoms with Gasteiger partial charge < -0.3 is 20.3 Å². The van der Waals surface area contributed by atoms with E-state index in [-0.39, 0.29) is 54.1 Å². The zero-order chi connectivity index (χ0) is 20.1. The maximum Gasteiger partial charge on any atom is 0.573 e. The fourth-order valence-corrected chi connectivity index (χ4v) is 3.41. The Bertz CT molecular complexity index is 724. The van der Waals surface area contributed by atoms with Crippen LogP contribution in [-0.4, -0.2) is 55.3 Å². The number of likely N-dealkylation sites (tertiary alicyclic amines) is 1. The molecule has 6 nitrogen and oxygen atoms in total. The molecule has 1 saturated heterocycles. The average molecular weight is 526 g/mol. The molecule has 2 N–H and O–H groups in total. The van der Waals surface area contributed by atoms with Crippen LogP contribution in [0.1, 0.15) is 37.7 Å². The average Bonchev–Trinajstić information content (AvgIpc) is 3.16. The van der Waals surface area contributed by atoms with E-state index in [0.29, 0.717) is 24.5 Å². The van der Waals surface area contributed by atoms with Crippen LogP contribution in [0.4, 0.5) is 13.2 Å². The van der Waals surface area contributed by atoms with Crippen LogP contribution in [-0.2, 0) is 4.79 Å². The van der Waals surface area contributed by atoms with Gasteiger partial charge in [0.1, 0.15) is 12.3 Å². The van der Waals surface area contributed by atoms with Crippen LogP contribution in [0.5, 0.6) is 5.75 Å². The van der Waals surface area contributed by atoms with Crippen LogP contribution < -0.4 is 15.4 Å². The number of hydrogen-bond acceptors (Lipinski definition) is 3. The van der Waals surface area contributed by atoms with Crippen molar-refractivity contribution >= 4 is 35.8 Å². The highest BCUT2D eigenvalue weighted by molar-refractivity contribution is 14.0. The second-order valence-electron chi connectivity index (χ2n) is 6.96. The van der Waals surface area contributed by atoms with Gasteiger partial charge in [-0.1, -0.05) is 18.2 Å². The molecule has 0 aromatic heterocycles. The summed E-state index contributed by atoms with van der Waals surface area (Å²) < 4.78 is 42.0. The fourth-order valence-electron chi connectivity index (χ4n) is 3.41. The molecule has 2 unspecified atom stereocenters. The Morgan fingerprint density at radius 2 is 1.97 bits per heavy atom. The number of hydrogen-bond donors (Lipinski definition) is 2. The summed E-state index contributed by atoms with van der Waals surface area (Å²) in [6.45, 7) is 4.14. The summed E-state index contributed by atoms with van der Waals surface area (Å²) >= 11 is 0. The predicted octanol–water partition coefficient (Wildman–Crippen LogP) is 3.24. The van der Waals surface area contributed by atoms with Crippen molar-refractivity contribution in [3.63, 3.8) is 0 Å². The lowest BCUT2D eigenvalue weighted by Crippen LogP contribution is -2.40. The van der Waals surface area contributed by atoms with Crippen molar-refractivity contribution in [1.82, 2.24) is 15.5 Å². The molecule has 1 aromatic carbocycles. The van der Waals surface area contributed by atoms with Crippen molar-refractivity contribution < 1.29 is 22.7 Å². The smallest absolute Gasteiger partial charge is 0.405 e. The molecule has 2 atom stereocenters. The Morgan fingerprint density at radius 3 is 2.62 bits per heavy atom. The molecule has 0 radical (unpaired) electrons. The van der Waals surface area contributed by atoms with E-state index in [9.17, 15) is 18.0 Å². The van der Waals surface area contributed by atoms with Gasteiger partial charge in [0.2, 0.25) is 5.91 Å². The molecule has 1 saturated carbocycles. The molecular formula is C19H26F3IN4O2. The zero-order valence-corrected chi connectivity index (χ0v) is 18.5. The number of halogens is 4. The first kappa shape index (κ1) is 23.6. The lowest BCUT2D eigenvalue weighted by atomic mass is 10.1. The van der Waals surface area contributed by atoms with E-state index in [4.69, 9.17) is 0 Å². The number of benzene rings is 1. The third-order valence-electron chi connectivity index (χ3n) is 4.83. The molecule has 1 amide bonds. The number of aliphatic imine (C=N–C) groups is 1. The summed E-state index contributed by atoms with van der Waals surface area (Å²) in [6.07, 6.45) is -2.00. The first-order valence-electron chi connectivity index (χ1n) is 9.54. The SMILES string of the molecule is CCNC(=NCC(=O)N1CCCC1)NC1CC1c1ccccc1OC(F)(F)F.I. The predicted molar refractivity (Wildman–Crippen MR) is 115 cm³/mol. The van der Waals surface area contributed by atoms with Gasteiger partial charge in [-0.15, -0.1) is 37.1 Å². The maximum absolute atomic E-state index is 12.6. The summed E-state index contributed by atoms with van der Waals surface area (Å²) in [6, 6.07) is 6.13. The van der Waals surface area contributed by atoms with Gasteiger partial charge in [0.15, 0.2) is 5.96 Å². The Morgan fingerprint density at radius 1 is 1.28 bits per heavy atom. The summed E-state index contributed by atoms with van der Waals surface area (Å²) in [5.41, 5.74) is 0.515. The molecule has 1 aromatic rings. The molecule has 1 aliphatic heterocycles. The van der Waals surface area contributed by atoms with Crippen molar-refractivity contribution in [3.8, 4) is 5.75 Å². The molecule has 0 spiro atoms. The largest absolute Gasteiger partial charge is 0.573 e. The Kier molecular flexibility index (Phi) is 8.41. The summed E-state index contributed by atoms with van der Waals surface area (Å²) in [7, 11) is 0. The molecule has 0 bridgehead atoms. The minimum atomic E-state index is -4.72. The summed E-state index contributed by atoms with van der Waals surface area (Å²) in [5.74, 6) is 0.217. The Balaban J connectivity index is 0.00000300. The van der Waals surface area contributed by atoms with E-state index in [0.717, 1.165) is 25.9 Å². The van der Waals surface area contributed by atoms with Crippen LogP contribution in [0.3, 0.4) is 0 Å². The highest BCUT2D eigenvalue weighted by atomic mass is 127. The van der Waals surface area contributed by atoms with Gasteiger partial charge in [-0.2, -0.15) is 0 Å². The topological polar surface area (TPSA) is 66.0 Å². The summed E-state index contributed by atoms with van der Waals surface area (Å²) in [5, 5.41) is 6.29. The summed E-state index contributed by atoms with van der Waals surface area (Å²) in [4.78, 5) is 18.3. The molecule has 29 heavy (non-hydrogen) atoms. The highest BCUT2D eigenvalue weighted by Gasteiger charge is 2.42. The monoisotopic (exact) mass is 526 g/mol. The number of guanidine groups is 1. The zero-order valence-electron chi connectivity index (χ0n) is 16.2. The van der Waals surface area contributed by atoms with Gasteiger partial charge in [0.25, 0.3) is 0 Å². The standard InChI is InChI=1S/C19H25F3N4O2.HI/c1-2-23-18(24-12-17(27)26-9-5-6-10-26)25-15-11-14(15)13-7-3-4-8-16(13)28-19(20,21)22;/h3-4,7-8,14-15H,2,5-6,9-12H2,1H3,(H2,23,24,25);1H. The van der Waals surface area contributed by atoms with E-state index in [1.807, 2.05) is 6.92 Å². The van der Waals surface area contributed by atoms with Gasteiger partial charge in [-0.05, 0) is 37.8 Å². The van der Waals surface area contributed by atoms with E-state index < -0.39 is 6.36 Å². The van der Waals surface area contributed by atoms with Crippen molar-refractivity contribution in [2.75, 3.05) is 26.2 Å². The Labute approximate surface area is 185 Å². The maximum atomic E-state index is 12.6. The minimum absolute atomic E-state index is 0. The molecular weight excluding hydrogens is 500 g/mol. The van der Waals surface area contributed by atoms with Crippen LogP contribution in [0, 0.1) is 0 Å². The molecule has 10 heteroatoms. The quantitative estimate of drug-likeness (QED) is 0.340. The lowest BCUT2D eigenvalue weighted by Gasteiger charge is -2.16. The number of rotatable bonds is 6. The van der Waals surface area contributed by atoms with Crippen LogP contribution in [0.25, 0.3) is 0 Å². The van der Waals surface area contributed by atoms with Crippen LogP contribution >= 0.6 is 24.0 Å². The van der Waals surface area contributed by atoms with Crippen molar-refractivity contribution in [2.24, 2.45) is 4.99 Å². The van der Waals surface area contributed by atoms with Gasteiger partial charge >= 0.3 is 6.36 Å². The van der Waals surface area contributed by atoms with Crippen molar-refractivity contribution in [3.05, 3.63) is 29.8 Å². The lowest BCUT2D eigenvalue weighted by molar-refractivity contribution is -0.274. The first-order chi connectivity index (χ1) is 13.4. The van der Waals surface area contributed by atoms with E-state index in [2.05, 4.69) is 20.4 Å². The van der Waals surface area contributed by atoms with Crippen LogP contribution in [0.15, 0.2) is 29.3 Å². The van der Waals surface area contributed by atoms with Gasteiger partial charge in [-0.25, -0.2) is 4.99 Å². The number of carbonyl (C=O) groups is 1. The third-order valence-corrected chi connectivity index (χ3v) is 4.83. The normalized spacial score (nSPS) is 21.4. The third kappa shape index (κ3) is 6.93. The first-order valence-corrected chi connectivity index (χ1v) is 9.54.